The zero-order chi connectivity index (χ0) is 58.4. The number of aliphatic hydroxyl groups is 17. The zero-order valence-electron chi connectivity index (χ0n) is 41.1. The Morgan fingerprint density at radius 1 is 0.443 bits per heavy atom. The number of rotatable bonds is 24. The molecular formula is C40H68N2O36P-3. The summed E-state index contributed by atoms with van der Waals surface area (Å²) < 4.78 is 82.9. The van der Waals surface area contributed by atoms with E-state index in [1.807, 2.05) is 5.43 Å². The maximum atomic E-state index is 11.8. The molecule has 0 bridgehead atoms. The molecule has 0 spiro atoms. The Bertz CT molecular complexity index is 1910. The Hall–Kier alpha value is -1.70. The Labute approximate surface area is 445 Å². The van der Waals surface area contributed by atoms with Crippen LogP contribution in [0.4, 0.5) is 0 Å². The van der Waals surface area contributed by atoms with Gasteiger partial charge in [0.15, 0.2) is 37.7 Å². The van der Waals surface area contributed by atoms with Gasteiger partial charge in [-0.15, -0.1) is 0 Å². The van der Waals surface area contributed by atoms with Crippen LogP contribution in [0.1, 0.15) is 12.8 Å². The van der Waals surface area contributed by atoms with Crippen molar-refractivity contribution in [3.05, 3.63) is 0 Å². The van der Waals surface area contributed by atoms with Gasteiger partial charge in [0.25, 0.3) is 0 Å². The first kappa shape index (κ1) is 66.4. The van der Waals surface area contributed by atoms with Crippen LogP contribution in [0.15, 0.2) is 0 Å². The molecule has 38 nitrogen and oxygen atoms in total. The first-order valence-electron chi connectivity index (χ1n) is 24.3. The number of hydrogen-bond acceptors (Lipinski definition) is 37. The van der Waals surface area contributed by atoms with Crippen LogP contribution in [-0.2, 0) is 75.6 Å². The second-order valence-corrected chi connectivity index (χ2v) is 20.2. The van der Waals surface area contributed by atoms with Crippen LogP contribution in [0, 0.1) is 0 Å². The molecule has 39 heteroatoms. The van der Waals surface area contributed by atoms with Crippen LogP contribution in [0.2, 0.25) is 0 Å². The number of carbonyl (C=O) groups excluding carboxylic acids is 1. The molecule has 30 atom stereocenters. The molecule has 12 unspecified atom stereocenters. The predicted octanol–water partition coefficient (Wildman–Crippen LogP) is -16.2. The van der Waals surface area contributed by atoms with Crippen molar-refractivity contribution in [3.63, 3.8) is 0 Å². The SMILES string of the molecule is NNC(=O)CCCO[C@@H]1OC(CO[C@H]2OC(CO[C@H]3OC(CO)[C@@H](O)[C@H](O)C3O[C@@H]3OC(CO[O-])[C@@H](O)[C@H](O)C3O)[C@@H](O)[C@H](O)C2O)[C@@H](O)[C@H](O[C@H]2OC(CO)[C@@H](O)[C@H](O)C2O[C@H]2OC(COP(=O)([O-])[O-])[C@@H](O)[C@H](O)C2O)C1O. The number of nitrogens with one attached hydrogen (secondary N) is 1. The van der Waals surface area contributed by atoms with Crippen molar-refractivity contribution in [2.45, 2.75) is 197 Å². The summed E-state index contributed by atoms with van der Waals surface area (Å²) >= 11 is 0. The van der Waals surface area contributed by atoms with E-state index in [0.717, 1.165) is 0 Å². The van der Waals surface area contributed by atoms with Crippen molar-refractivity contribution in [1.82, 2.24) is 5.43 Å². The van der Waals surface area contributed by atoms with E-state index in [2.05, 4.69) is 9.41 Å². The lowest BCUT2D eigenvalue weighted by Gasteiger charge is -2.49. The van der Waals surface area contributed by atoms with E-state index in [-0.39, 0.29) is 19.4 Å². The van der Waals surface area contributed by atoms with Crippen LogP contribution < -0.4 is 26.3 Å². The molecule has 1 amide bonds. The van der Waals surface area contributed by atoms with Gasteiger partial charge in [0.05, 0.1) is 54.1 Å². The van der Waals surface area contributed by atoms with Gasteiger partial charge in [-0.05, 0) is 6.42 Å². The Kier molecular flexibility index (Phi) is 24.7. The Morgan fingerprint density at radius 3 is 1.30 bits per heavy atom. The van der Waals surface area contributed by atoms with Crippen molar-refractivity contribution in [2.75, 3.05) is 46.2 Å². The molecule has 6 rings (SSSR count). The highest BCUT2D eigenvalue weighted by atomic mass is 31.2. The standard InChI is InChI=1S/C40H71N2O36P/c41-42-16(45)2-1-3-65-36-31(60)32(76-40-34(27(56)18(47)11(5-44)71-40)78-38-30(59)25(54)21(50)15(75-38)9-69-79(62,63)64)22(51)13(73-36)7-66-35-28(57)23(52)19(48)12(72-35)6-67-39-33(26(55)17(46)10(4-43)70-39)77-37-29(58)24(53)20(49)14(74-37)8-68-61/h10-15,17-40,43-44,46-61H,1-9,41H2,(H,42,45)(H2,62,63,64)/p-3/t10?,11?,12?,13?,14?,15?,17-,18-,19-,20-,21-,22-,23+,24+,25+,26+,27+,28?,29?,30?,31?,32+,33?,34?,35+,36-,37+,38-,39+,40-/m1/s1. The second kappa shape index (κ2) is 29.4. The summed E-state index contributed by atoms with van der Waals surface area (Å²) in [6.45, 7) is -6.29. The van der Waals surface area contributed by atoms with Gasteiger partial charge < -0.3 is 173 Å². The van der Waals surface area contributed by atoms with Gasteiger partial charge in [-0.25, -0.2) is 5.84 Å². The molecule has 462 valence electrons. The molecule has 0 aromatic carbocycles. The lowest BCUT2D eigenvalue weighted by molar-refractivity contribution is -0.692. The van der Waals surface area contributed by atoms with Crippen LogP contribution in [0.3, 0.4) is 0 Å². The van der Waals surface area contributed by atoms with Gasteiger partial charge in [0, 0.05) is 6.42 Å². The van der Waals surface area contributed by atoms with Crippen LogP contribution in [0.5, 0.6) is 0 Å². The molecule has 20 N–H and O–H groups in total. The molecule has 6 aliphatic heterocycles. The highest BCUT2D eigenvalue weighted by Gasteiger charge is 2.56. The fourth-order valence-electron chi connectivity index (χ4n) is 9.09. The third-order valence-corrected chi connectivity index (χ3v) is 14.1. The molecule has 6 aliphatic rings. The van der Waals surface area contributed by atoms with E-state index in [9.17, 15) is 111 Å². The molecule has 79 heavy (non-hydrogen) atoms. The summed E-state index contributed by atoms with van der Waals surface area (Å²) in [6.07, 6.45) is -60.4. The molecule has 6 saturated heterocycles. The molecule has 0 aliphatic carbocycles. The first-order chi connectivity index (χ1) is 37.3. The van der Waals surface area contributed by atoms with Gasteiger partial charge in [-0.1, -0.05) is 0 Å². The number of aliphatic hydroxyl groups excluding tert-OH is 17. The average Bonchev–Trinajstić information content (AvgIpc) is 3.55. The van der Waals surface area contributed by atoms with Crippen molar-refractivity contribution >= 4 is 13.7 Å². The fourth-order valence-corrected chi connectivity index (χ4v) is 9.42. The summed E-state index contributed by atoms with van der Waals surface area (Å²) in [5, 5.41) is 194. The van der Waals surface area contributed by atoms with E-state index >= 15 is 0 Å². The van der Waals surface area contributed by atoms with Crippen LogP contribution in [-0.4, -0.2) is 323 Å². The van der Waals surface area contributed by atoms with E-state index in [0.29, 0.717) is 0 Å². The smallest absolute Gasteiger partial charge is 0.233 e. The minimum atomic E-state index is -5.71. The molecule has 6 fully saturated rings. The van der Waals surface area contributed by atoms with E-state index in [1.54, 1.807) is 0 Å². The third-order valence-electron chi connectivity index (χ3n) is 13.6. The number of ether oxygens (including phenoxy) is 12. The summed E-state index contributed by atoms with van der Waals surface area (Å²) in [5.41, 5.74) is 1.89. The molecule has 0 radical (unpaired) electrons. The molecule has 6 heterocycles. The number of hydrogen-bond donors (Lipinski definition) is 19. The summed E-state index contributed by atoms with van der Waals surface area (Å²) in [4.78, 5) is 37.8. The lowest BCUT2D eigenvalue weighted by atomic mass is 9.96. The number of nitrogens with two attached hydrogens (primary N) is 1. The minimum absolute atomic E-state index is 0.0704. The molecule has 0 saturated carbocycles. The number of amides is 1. The molecule has 0 aromatic rings. The zero-order valence-corrected chi connectivity index (χ0v) is 42.0. The number of phosphoric ester groups is 1. The summed E-state index contributed by atoms with van der Waals surface area (Å²) in [5.74, 6) is 4.50. The first-order valence-corrected chi connectivity index (χ1v) is 25.8. The van der Waals surface area contributed by atoms with Crippen LogP contribution >= 0.6 is 7.82 Å². The maximum Gasteiger partial charge on any atom is 0.233 e. The monoisotopic (exact) mass is 1180 g/mol. The van der Waals surface area contributed by atoms with Crippen molar-refractivity contribution in [2.24, 2.45) is 5.84 Å². The van der Waals surface area contributed by atoms with Crippen molar-refractivity contribution in [1.29, 1.82) is 0 Å². The predicted molar refractivity (Wildman–Crippen MR) is 230 cm³/mol. The normalized spacial score (nSPS) is 47.2. The number of hydrazine groups is 1. The van der Waals surface area contributed by atoms with Crippen LogP contribution in [0.25, 0.3) is 0 Å². The average molecular weight is 1180 g/mol. The highest BCUT2D eigenvalue weighted by Crippen LogP contribution is 2.36. The largest absolute Gasteiger partial charge is 0.790 e. The van der Waals surface area contributed by atoms with Gasteiger partial charge in [-0.2, -0.15) is 0 Å². The summed E-state index contributed by atoms with van der Waals surface area (Å²) in [7, 11) is -5.71. The fraction of sp³-hybridized carbons (Fsp3) is 0.975. The van der Waals surface area contributed by atoms with Gasteiger partial charge >= 0.3 is 0 Å². The highest BCUT2D eigenvalue weighted by molar-refractivity contribution is 7.43. The Morgan fingerprint density at radius 2 is 0.823 bits per heavy atom. The van der Waals surface area contributed by atoms with E-state index in [4.69, 9.17) is 62.7 Å². The second-order valence-electron chi connectivity index (χ2n) is 19.0. The Balaban J connectivity index is 1.19. The third kappa shape index (κ3) is 16.0. The summed E-state index contributed by atoms with van der Waals surface area (Å²) in [6, 6.07) is 0. The van der Waals surface area contributed by atoms with E-state index in [1.165, 1.54) is 0 Å². The van der Waals surface area contributed by atoms with Crippen molar-refractivity contribution in [3.8, 4) is 0 Å². The molecule has 0 aromatic heterocycles. The van der Waals surface area contributed by atoms with Gasteiger partial charge in [0.1, 0.15) is 146 Å². The van der Waals surface area contributed by atoms with Gasteiger partial charge in [0.2, 0.25) is 5.91 Å². The quantitative estimate of drug-likeness (QED) is 0.0107. The minimum Gasteiger partial charge on any atom is -0.790 e. The number of carbonyl (C=O) groups is 1. The number of phosphoric acid groups is 1. The maximum absolute atomic E-state index is 11.8. The lowest BCUT2D eigenvalue weighted by Crippen LogP contribution is -2.67. The van der Waals surface area contributed by atoms with Crippen molar-refractivity contribution < 1.29 is 177 Å². The molecular weight excluding hydrogens is 1120 g/mol. The van der Waals surface area contributed by atoms with Gasteiger partial charge in [-0.3, -0.25) is 10.2 Å². The topological polar surface area (TPSA) is 615 Å². The van der Waals surface area contributed by atoms with E-state index < -0.39 is 238 Å².